The molecule has 2 aromatic carbocycles. The van der Waals surface area contributed by atoms with E-state index in [0.29, 0.717) is 0 Å². The van der Waals surface area contributed by atoms with E-state index in [1.54, 1.807) is 11.3 Å². The highest BCUT2D eigenvalue weighted by molar-refractivity contribution is 9.10. The summed E-state index contributed by atoms with van der Waals surface area (Å²) in [6.07, 6.45) is 0. The Balaban J connectivity index is 1.76. The number of rotatable bonds is 3. The second-order valence-corrected chi connectivity index (χ2v) is 8.28. The van der Waals surface area contributed by atoms with Crippen LogP contribution < -0.4 is 0 Å². The molecule has 0 aliphatic carbocycles. The van der Waals surface area contributed by atoms with Crippen LogP contribution >= 0.6 is 38.6 Å². The third-order valence-electron chi connectivity index (χ3n) is 3.75. The van der Waals surface area contributed by atoms with E-state index in [1.165, 1.54) is 30.3 Å². The quantitative estimate of drug-likeness (QED) is 0.413. The van der Waals surface area contributed by atoms with Gasteiger partial charge in [-0.05, 0) is 50.6 Å². The number of aliphatic hydroxyl groups is 1. The Morgan fingerprint density at radius 3 is 2.35 bits per heavy atom. The van der Waals surface area contributed by atoms with Crippen molar-refractivity contribution in [1.29, 1.82) is 0 Å². The average molecular weight is 401 g/mol. The van der Waals surface area contributed by atoms with Crippen LogP contribution in [0.15, 0.2) is 65.1 Å². The van der Waals surface area contributed by atoms with Crippen LogP contribution in [-0.4, -0.2) is 5.11 Å². The number of aliphatic hydroxyl groups excluding tert-OH is 1. The Labute approximate surface area is 151 Å². The summed E-state index contributed by atoms with van der Waals surface area (Å²) >= 11 is 7.32. The molecule has 0 atom stereocenters. The van der Waals surface area contributed by atoms with Crippen molar-refractivity contribution in [3.8, 4) is 20.2 Å². The fourth-order valence-corrected chi connectivity index (χ4v) is 5.59. The van der Waals surface area contributed by atoms with Crippen LogP contribution in [0.5, 0.6) is 0 Å². The molecule has 1 N–H and O–H groups in total. The summed E-state index contributed by atoms with van der Waals surface area (Å²) in [7, 11) is 0. The van der Waals surface area contributed by atoms with Gasteiger partial charge in [-0.2, -0.15) is 0 Å². The first-order valence-corrected chi connectivity index (χ1v) is 9.65. The molecule has 0 radical (unpaired) electrons. The van der Waals surface area contributed by atoms with Crippen molar-refractivity contribution in [2.24, 2.45) is 0 Å². The predicted molar refractivity (Wildman–Crippen MR) is 104 cm³/mol. The topological polar surface area (TPSA) is 20.2 Å². The molecule has 0 unspecified atom stereocenters. The van der Waals surface area contributed by atoms with Gasteiger partial charge in [-0.15, -0.1) is 22.7 Å². The van der Waals surface area contributed by atoms with Crippen molar-refractivity contribution in [2.45, 2.75) is 6.61 Å². The van der Waals surface area contributed by atoms with Crippen LogP contribution in [0, 0.1) is 0 Å². The molecule has 1 nitrogen and oxygen atoms in total. The summed E-state index contributed by atoms with van der Waals surface area (Å²) < 4.78 is 2.44. The molecule has 2 aromatic heterocycles. The van der Waals surface area contributed by atoms with E-state index >= 15 is 0 Å². The summed E-state index contributed by atoms with van der Waals surface area (Å²) in [6, 6.07) is 21.0. The number of hydrogen-bond donors (Lipinski definition) is 1. The zero-order chi connectivity index (χ0) is 15.8. The SMILES string of the molecule is OCc1ccc(-c2sc(-c3cc4ccccc4s3)cc2Br)cc1. The third kappa shape index (κ3) is 2.88. The van der Waals surface area contributed by atoms with E-state index in [-0.39, 0.29) is 6.61 Å². The molecule has 4 aromatic rings. The van der Waals surface area contributed by atoms with Gasteiger partial charge in [0.05, 0.1) is 6.61 Å². The minimum atomic E-state index is 0.0823. The van der Waals surface area contributed by atoms with Gasteiger partial charge in [0.15, 0.2) is 0 Å². The van der Waals surface area contributed by atoms with E-state index in [2.05, 4.69) is 64.5 Å². The lowest BCUT2D eigenvalue weighted by Crippen LogP contribution is -1.81. The number of fused-ring (bicyclic) bond motifs is 1. The van der Waals surface area contributed by atoms with Gasteiger partial charge in [0, 0.05) is 23.8 Å². The zero-order valence-corrected chi connectivity index (χ0v) is 15.3. The molecule has 0 aliphatic rings. The highest BCUT2D eigenvalue weighted by atomic mass is 79.9. The Kier molecular flexibility index (Phi) is 4.07. The summed E-state index contributed by atoms with van der Waals surface area (Å²) in [5.41, 5.74) is 2.11. The second kappa shape index (κ2) is 6.21. The van der Waals surface area contributed by atoms with E-state index < -0.39 is 0 Å². The van der Waals surface area contributed by atoms with Crippen molar-refractivity contribution >= 4 is 48.7 Å². The zero-order valence-electron chi connectivity index (χ0n) is 12.1. The van der Waals surface area contributed by atoms with E-state index in [0.717, 1.165) is 10.0 Å². The molecule has 0 bridgehead atoms. The van der Waals surface area contributed by atoms with E-state index in [9.17, 15) is 5.11 Å². The Bertz CT molecular complexity index is 934. The maximum absolute atomic E-state index is 9.17. The summed E-state index contributed by atoms with van der Waals surface area (Å²) in [5, 5.41) is 10.5. The van der Waals surface area contributed by atoms with Crippen LogP contribution in [0.3, 0.4) is 0 Å². The van der Waals surface area contributed by atoms with Crippen LogP contribution in [0.4, 0.5) is 0 Å². The first-order chi connectivity index (χ1) is 11.2. The van der Waals surface area contributed by atoms with Gasteiger partial charge in [0.25, 0.3) is 0 Å². The number of benzene rings is 2. The number of thiophene rings is 2. The smallest absolute Gasteiger partial charge is 0.0681 e. The molecule has 4 heteroatoms. The van der Waals surface area contributed by atoms with Gasteiger partial charge < -0.3 is 5.11 Å². The standard InChI is InChI=1S/C19H13BrOS2/c20-15-10-18(17-9-14-3-1-2-4-16(14)22-17)23-19(15)13-7-5-12(11-21)6-8-13/h1-10,21H,11H2. The third-order valence-corrected chi connectivity index (χ3v) is 7.14. The maximum Gasteiger partial charge on any atom is 0.0681 e. The van der Waals surface area contributed by atoms with Crippen molar-refractivity contribution in [3.63, 3.8) is 0 Å². The molecule has 2 heterocycles. The van der Waals surface area contributed by atoms with Gasteiger partial charge >= 0.3 is 0 Å². The Morgan fingerprint density at radius 2 is 1.61 bits per heavy atom. The summed E-state index contributed by atoms with van der Waals surface area (Å²) in [5.74, 6) is 0. The highest BCUT2D eigenvalue weighted by Crippen LogP contribution is 2.44. The van der Waals surface area contributed by atoms with Gasteiger partial charge in [0.2, 0.25) is 0 Å². The highest BCUT2D eigenvalue weighted by Gasteiger charge is 2.12. The Morgan fingerprint density at radius 1 is 0.870 bits per heavy atom. The fourth-order valence-electron chi connectivity index (χ4n) is 2.55. The van der Waals surface area contributed by atoms with Gasteiger partial charge in [-0.3, -0.25) is 0 Å². The molecule has 114 valence electrons. The van der Waals surface area contributed by atoms with Crippen molar-refractivity contribution in [2.75, 3.05) is 0 Å². The second-order valence-electron chi connectivity index (χ2n) is 5.29. The van der Waals surface area contributed by atoms with Gasteiger partial charge in [0.1, 0.15) is 0 Å². The minimum absolute atomic E-state index is 0.0823. The summed E-state index contributed by atoms with van der Waals surface area (Å²) in [4.78, 5) is 3.80. The van der Waals surface area contributed by atoms with Crippen LogP contribution in [-0.2, 0) is 6.61 Å². The predicted octanol–water partition coefficient (Wildman–Crippen LogP) is 6.55. The molecule has 0 amide bonds. The molecule has 4 rings (SSSR count). The van der Waals surface area contributed by atoms with E-state index in [1.807, 2.05) is 23.5 Å². The lowest BCUT2D eigenvalue weighted by atomic mass is 10.1. The molecular formula is C19H13BrOS2. The molecule has 23 heavy (non-hydrogen) atoms. The minimum Gasteiger partial charge on any atom is -0.392 e. The van der Waals surface area contributed by atoms with Crippen molar-refractivity contribution in [3.05, 3.63) is 70.7 Å². The van der Waals surface area contributed by atoms with Crippen molar-refractivity contribution < 1.29 is 5.11 Å². The fraction of sp³-hybridized carbons (Fsp3) is 0.0526. The average Bonchev–Trinajstić information content (AvgIpc) is 3.18. The first-order valence-electron chi connectivity index (χ1n) is 7.23. The van der Waals surface area contributed by atoms with Gasteiger partial charge in [-0.1, -0.05) is 42.5 Å². The van der Waals surface area contributed by atoms with Crippen LogP contribution in [0.2, 0.25) is 0 Å². The number of halogens is 1. The Hall–Kier alpha value is -1.46. The first kappa shape index (κ1) is 15.1. The molecule has 0 fully saturated rings. The largest absolute Gasteiger partial charge is 0.392 e. The molecule has 0 aliphatic heterocycles. The number of hydrogen-bond acceptors (Lipinski definition) is 3. The van der Waals surface area contributed by atoms with Gasteiger partial charge in [-0.25, -0.2) is 0 Å². The monoisotopic (exact) mass is 400 g/mol. The lowest BCUT2D eigenvalue weighted by Gasteiger charge is -2.00. The van der Waals surface area contributed by atoms with E-state index in [4.69, 9.17) is 0 Å². The lowest BCUT2D eigenvalue weighted by molar-refractivity contribution is 0.282. The van der Waals surface area contributed by atoms with Crippen molar-refractivity contribution in [1.82, 2.24) is 0 Å². The summed E-state index contributed by atoms with van der Waals surface area (Å²) in [6.45, 7) is 0.0823. The van der Waals surface area contributed by atoms with Crippen LogP contribution in [0.25, 0.3) is 30.3 Å². The maximum atomic E-state index is 9.17. The molecule has 0 saturated heterocycles. The molecule has 0 spiro atoms. The normalized spacial score (nSPS) is 11.2. The molecular weight excluding hydrogens is 388 g/mol. The van der Waals surface area contributed by atoms with Crippen LogP contribution in [0.1, 0.15) is 5.56 Å². The molecule has 0 saturated carbocycles.